The van der Waals surface area contributed by atoms with Crippen molar-refractivity contribution in [3.63, 3.8) is 0 Å². The van der Waals surface area contributed by atoms with Gasteiger partial charge in [-0.2, -0.15) is 0 Å². The lowest BCUT2D eigenvalue weighted by molar-refractivity contribution is -0.136. The van der Waals surface area contributed by atoms with Gasteiger partial charge in [-0.05, 0) is 84.6 Å². The Morgan fingerprint density at radius 2 is 1.59 bits per heavy atom. The molecule has 0 unspecified atom stereocenters. The van der Waals surface area contributed by atoms with E-state index in [-0.39, 0.29) is 30.1 Å². The quantitative estimate of drug-likeness (QED) is 0.437. The van der Waals surface area contributed by atoms with Gasteiger partial charge in [0.05, 0.1) is 4.90 Å². The fraction of sp³-hybridized carbons (Fsp3) is 0.174. The number of hydrogen-bond donors (Lipinski definition) is 2. The second-order valence-electron chi connectivity index (χ2n) is 6.98. The van der Waals surface area contributed by atoms with Gasteiger partial charge in [-0.3, -0.25) is 4.79 Å². The molecule has 0 atom stereocenters. The van der Waals surface area contributed by atoms with Crippen LogP contribution >= 0.6 is 11.6 Å². The van der Waals surface area contributed by atoms with Crippen molar-refractivity contribution < 1.29 is 27.4 Å². The lowest BCUT2D eigenvalue weighted by Gasteiger charge is -2.13. The molecule has 168 valence electrons. The summed E-state index contributed by atoms with van der Waals surface area (Å²) in [5.74, 6) is -0.401. The van der Waals surface area contributed by atoms with Crippen LogP contribution in [0.1, 0.15) is 17.5 Å². The third-order valence-corrected chi connectivity index (χ3v) is 6.37. The number of carboxylic acids is 1. The molecule has 9 heteroatoms. The molecule has 3 rings (SSSR count). The molecule has 0 saturated heterocycles. The average Bonchev–Trinajstić information content (AvgIpc) is 2.75. The Morgan fingerprint density at radius 1 is 0.938 bits per heavy atom. The van der Waals surface area contributed by atoms with Crippen LogP contribution in [0.15, 0.2) is 71.6 Å². The number of hydrogen-bond acceptors (Lipinski definition) is 4. The van der Waals surface area contributed by atoms with Crippen molar-refractivity contribution in [2.24, 2.45) is 0 Å². The summed E-state index contributed by atoms with van der Waals surface area (Å²) in [7, 11) is -3.70. The Kier molecular flexibility index (Phi) is 7.84. The first-order valence-electron chi connectivity index (χ1n) is 9.75. The molecule has 0 radical (unpaired) electrons. The van der Waals surface area contributed by atoms with Gasteiger partial charge in [0, 0.05) is 18.0 Å². The molecule has 6 nitrogen and oxygen atoms in total. The Bertz CT molecular complexity index is 1180. The first-order chi connectivity index (χ1) is 15.2. The van der Waals surface area contributed by atoms with Crippen molar-refractivity contribution in [1.82, 2.24) is 4.72 Å². The van der Waals surface area contributed by atoms with E-state index in [9.17, 15) is 17.6 Å². The maximum absolute atomic E-state index is 13.1. The van der Waals surface area contributed by atoms with Crippen LogP contribution < -0.4 is 9.46 Å². The maximum Gasteiger partial charge on any atom is 0.303 e. The highest BCUT2D eigenvalue weighted by Gasteiger charge is 2.14. The van der Waals surface area contributed by atoms with Crippen molar-refractivity contribution in [2.45, 2.75) is 24.2 Å². The summed E-state index contributed by atoms with van der Waals surface area (Å²) >= 11 is 5.80. The van der Waals surface area contributed by atoms with Gasteiger partial charge in [-0.15, -0.1) is 0 Å². The zero-order valence-electron chi connectivity index (χ0n) is 16.9. The number of rotatable bonds is 10. The number of carbonyl (C=O) groups is 1. The number of nitrogens with one attached hydrogen (secondary N) is 1. The molecule has 0 fully saturated rings. The summed E-state index contributed by atoms with van der Waals surface area (Å²) < 4.78 is 46.2. The Labute approximate surface area is 190 Å². The largest absolute Gasteiger partial charge is 0.481 e. The Balaban J connectivity index is 1.71. The Morgan fingerprint density at radius 3 is 2.25 bits per heavy atom. The second-order valence-corrected chi connectivity index (χ2v) is 9.19. The van der Waals surface area contributed by atoms with Crippen molar-refractivity contribution in [3.05, 3.63) is 88.7 Å². The summed E-state index contributed by atoms with van der Waals surface area (Å²) in [6.07, 6.45) is 0.539. The predicted octanol–water partition coefficient (Wildman–Crippen LogP) is 4.81. The van der Waals surface area contributed by atoms with E-state index < -0.39 is 16.0 Å². The van der Waals surface area contributed by atoms with E-state index in [1.54, 1.807) is 18.2 Å². The highest BCUT2D eigenvalue weighted by Crippen LogP contribution is 2.25. The lowest BCUT2D eigenvalue weighted by atomic mass is 10.00. The fourth-order valence-corrected chi connectivity index (χ4v) is 4.20. The molecule has 0 bridgehead atoms. The third kappa shape index (κ3) is 6.78. The van der Waals surface area contributed by atoms with Gasteiger partial charge in [0.25, 0.3) is 0 Å². The van der Waals surface area contributed by atoms with Gasteiger partial charge in [0.2, 0.25) is 10.0 Å². The second kappa shape index (κ2) is 10.6. The van der Waals surface area contributed by atoms with Crippen molar-refractivity contribution >= 4 is 27.6 Å². The minimum absolute atomic E-state index is 0.0799. The van der Waals surface area contributed by atoms with Gasteiger partial charge in [-0.25, -0.2) is 17.5 Å². The highest BCUT2D eigenvalue weighted by atomic mass is 35.5. The molecule has 32 heavy (non-hydrogen) atoms. The monoisotopic (exact) mass is 477 g/mol. The number of halogens is 2. The van der Waals surface area contributed by atoms with Crippen LogP contribution in [0.4, 0.5) is 4.39 Å². The molecule has 0 spiro atoms. The van der Waals surface area contributed by atoms with Gasteiger partial charge in [-0.1, -0.05) is 17.7 Å². The molecule has 0 aromatic heterocycles. The number of benzene rings is 3. The van der Waals surface area contributed by atoms with E-state index in [4.69, 9.17) is 21.4 Å². The van der Waals surface area contributed by atoms with E-state index >= 15 is 0 Å². The average molecular weight is 478 g/mol. The first-order valence-corrected chi connectivity index (χ1v) is 11.6. The summed E-state index contributed by atoms with van der Waals surface area (Å²) in [6, 6.07) is 16.6. The fourth-order valence-electron chi connectivity index (χ4n) is 3.04. The zero-order chi connectivity index (χ0) is 23.1. The summed E-state index contributed by atoms with van der Waals surface area (Å²) in [4.78, 5) is 11.2. The molecule has 0 aliphatic rings. The predicted molar refractivity (Wildman–Crippen MR) is 119 cm³/mol. The minimum atomic E-state index is -3.70. The number of aliphatic carboxylic acids is 1. The maximum atomic E-state index is 13.1. The van der Waals surface area contributed by atoms with Crippen molar-refractivity contribution in [1.29, 1.82) is 0 Å². The topological polar surface area (TPSA) is 92.7 Å². The smallest absolute Gasteiger partial charge is 0.303 e. The number of ether oxygens (including phenoxy) is 1. The summed E-state index contributed by atoms with van der Waals surface area (Å²) in [5, 5.41) is 9.50. The molecular weight excluding hydrogens is 457 g/mol. The molecule has 0 heterocycles. The van der Waals surface area contributed by atoms with E-state index in [0.717, 1.165) is 11.1 Å². The van der Waals surface area contributed by atoms with Crippen molar-refractivity contribution in [2.75, 3.05) is 6.54 Å². The van der Waals surface area contributed by atoms with Crippen LogP contribution in [0.3, 0.4) is 0 Å². The number of carboxylic acid groups (broad SMARTS) is 1. The molecule has 0 amide bonds. The van der Waals surface area contributed by atoms with Crippen LogP contribution in [-0.2, 0) is 27.7 Å². The standard InChI is InChI=1S/C23H21ClFNO5S/c24-18-3-10-22(11-4-18)32(29,30)26-14-13-16-1-7-21(15-17(16)2-12-23(27)28)31-20-8-5-19(25)6-9-20/h1,3-11,15,26H,2,12-14H2,(H,27,28). The molecule has 0 aliphatic carbocycles. The number of aryl methyl sites for hydroxylation is 1. The number of sulfonamides is 1. The minimum Gasteiger partial charge on any atom is -0.481 e. The molecular formula is C23H21ClFNO5S. The lowest BCUT2D eigenvalue weighted by Crippen LogP contribution is -2.26. The van der Waals surface area contributed by atoms with Crippen LogP contribution in [0, 0.1) is 5.82 Å². The van der Waals surface area contributed by atoms with Gasteiger partial charge in [0.15, 0.2) is 0 Å². The summed E-state index contributed by atoms with van der Waals surface area (Å²) in [6.45, 7) is 0.128. The normalized spacial score (nSPS) is 11.3. The van der Waals surface area contributed by atoms with Crippen LogP contribution in [0.2, 0.25) is 5.02 Å². The first kappa shape index (κ1) is 23.7. The van der Waals surface area contributed by atoms with E-state index in [1.165, 1.54) is 48.5 Å². The van der Waals surface area contributed by atoms with E-state index in [1.807, 2.05) is 0 Å². The molecule has 3 aromatic rings. The molecule has 0 aliphatic heterocycles. The SMILES string of the molecule is O=C(O)CCc1cc(Oc2ccc(F)cc2)ccc1CCNS(=O)(=O)c1ccc(Cl)cc1. The van der Waals surface area contributed by atoms with Crippen LogP contribution in [-0.4, -0.2) is 26.0 Å². The summed E-state index contributed by atoms with van der Waals surface area (Å²) in [5.41, 5.74) is 1.54. The van der Waals surface area contributed by atoms with Crippen LogP contribution in [0.5, 0.6) is 11.5 Å². The molecule has 3 aromatic carbocycles. The third-order valence-electron chi connectivity index (χ3n) is 4.65. The van der Waals surface area contributed by atoms with Gasteiger partial charge < -0.3 is 9.84 Å². The molecule has 2 N–H and O–H groups in total. The highest BCUT2D eigenvalue weighted by molar-refractivity contribution is 7.89. The van der Waals surface area contributed by atoms with Crippen molar-refractivity contribution in [3.8, 4) is 11.5 Å². The van der Waals surface area contributed by atoms with E-state index in [2.05, 4.69) is 4.72 Å². The molecule has 0 saturated carbocycles. The van der Waals surface area contributed by atoms with Gasteiger partial charge in [0.1, 0.15) is 17.3 Å². The Hall–Kier alpha value is -2.94. The van der Waals surface area contributed by atoms with E-state index in [0.29, 0.717) is 22.9 Å². The van der Waals surface area contributed by atoms with Gasteiger partial charge >= 0.3 is 5.97 Å². The van der Waals surface area contributed by atoms with Crippen LogP contribution in [0.25, 0.3) is 0 Å². The zero-order valence-corrected chi connectivity index (χ0v) is 18.5.